The second-order valence-electron chi connectivity index (χ2n) is 12.3. The van der Waals surface area contributed by atoms with Gasteiger partial charge in [0.05, 0.1) is 29.0 Å². The van der Waals surface area contributed by atoms with Crippen LogP contribution >= 0.6 is 0 Å². The number of pyridine rings is 1. The van der Waals surface area contributed by atoms with Gasteiger partial charge in [0.15, 0.2) is 0 Å². The van der Waals surface area contributed by atoms with E-state index in [9.17, 15) is 14.0 Å². The zero-order valence-electron chi connectivity index (χ0n) is 26.5. The Hall–Kier alpha value is -5.76. The summed E-state index contributed by atoms with van der Waals surface area (Å²) >= 11 is 0. The number of aromatic nitrogens is 1. The number of ether oxygens (including phenoxy) is 1. The molecule has 0 aliphatic heterocycles. The third-order valence-electron chi connectivity index (χ3n) is 8.92. The molecule has 240 valence electrons. The van der Waals surface area contributed by atoms with Crippen LogP contribution in [0.15, 0.2) is 114 Å². The van der Waals surface area contributed by atoms with Crippen molar-refractivity contribution in [1.29, 1.82) is 0 Å². The lowest BCUT2D eigenvalue weighted by Gasteiger charge is -2.20. The molecule has 0 spiro atoms. The van der Waals surface area contributed by atoms with E-state index in [1.807, 2.05) is 79.7 Å². The number of benzene rings is 4. The van der Waals surface area contributed by atoms with Crippen LogP contribution in [0.4, 0.5) is 4.39 Å². The van der Waals surface area contributed by atoms with Crippen LogP contribution in [0.25, 0.3) is 22.1 Å². The predicted octanol–water partition coefficient (Wildman–Crippen LogP) is 7.67. The zero-order valence-corrected chi connectivity index (χ0v) is 26.5. The van der Waals surface area contributed by atoms with Crippen LogP contribution in [-0.4, -0.2) is 23.4 Å². The van der Waals surface area contributed by atoms with Crippen LogP contribution < -0.4 is 15.8 Å². The maximum atomic E-state index is 14.1. The number of amides is 2. The van der Waals surface area contributed by atoms with E-state index in [4.69, 9.17) is 14.9 Å². The van der Waals surface area contributed by atoms with Crippen LogP contribution in [0.2, 0.25) is 0 Å². The zero-order chi connectivity index (χ0) is 33.3. The molecule has 7 nitrogen and oxygen atoms in total. The average Bonchev–Trinajstić information content (AvgIpc) is 3.78. The molecular weight excluding hydrogens is 605 g/mol. The van der Waals surface area contributed by atoms with Gasteiger partial charge in [-0.15, -0.1) is 0 Å². The number of carbonyl (C=O) groups excluding carboxylic acids is 2. The van der Waals surface area contributed by atoms with Crippen molar-refractivity contribution < 1.29 is 23.1 Å². The number of aryl methyl sites for hydroxylation is 1. The van der Waals surface area contributed by atoms with Crippen molar-refractivity contribution >= 4 is 22.8 Å². The minimum atomic E-state index is -0.619. The maximum Gasteiger partial charge on any atom is 0.255 e. The third-order valence-corrected chi connectivity index (χ3v) is 8.92. The fraction of sp³-hybridized carbons (Fsp3) is 0.175. The maximum absolute atomic E-state index is 14.1. The second-order valence-corrected chi connectivity index (χ2v) is 12.3. The Labute approximate surface area is 277 Å². The minimum absolute atomic E-state index is 0.252. The number of nitrogens with two attached hydrogens (primary N) is 1. The molecule has 2 aromatic heterocycles. The molecule has 8 heteroatoms. The number of carbonyl (C=O) groups is 2. The summed E-state index contributed by atoms with van der Waals surface area (Å²) in [5.41, 5.74) is 11.8. The highest BCUT2D eigenvalue weighted by molar-refractivity contribution is 6.08. The third kappa shape index (κ3) is 6.29. The Bertz CT molecular complexity index is 2120. The van der Waals surface area contributed by atoms with Crippen molar-refractivity contribution in [3.8, 4) is 16.9 Å². The topological polar surface area (TPSA) is 107 Å². The Morgan fingerprint density at radius 2 is 1.71 bits per heavy atom. The molecule has 0 unspecified atom stereocenters. The predicted molar refractivity (Wildman–Crippen MR) is 182 cm³/mol. The van der Waals surface area contributed by atoms with Crippen LogP contribution in [0.3, 0.4) is 0 Å². The van der Waals surface area contributed by atoms with Gasteiger partial charge in [0.2, 0.25) is 0 Å². The highest BCUT2D eigenvalue weighted by Gasteiger charge is 2.47. The molecule has 6 aromatic rings. The van der Waals surface area contributed by atoms with Crippen LogP contribution in [-0.2, 0) is 18.4 Å². The summed E-state index contributed by atoms with van der Waals surface area (Å²) in [5, 5.41) is 3.82. The van der Waals surface area contributed by atoms with Crippen LogP contribution in [0, 0.1) is 12.7 Å². The number of hydrogen-bond donors (Lipinski definition) is 2. The molecular formula is C40H34FN3O4. The summed E-state index contributed by atoms with van der Waals surface area (Å²) in [7, 11) is 0. The first-order valence-corrected chi connectivity index (χ1v) is 15.9. The number of halogens is 1. The minimum Gasteiger partial charge on any atom is -0.492 e. The summed E-state index contributed by atoms with van der Waals surface area (Å²) < 4.78 is 25.9. The van der Waals surface area contributed by atoms with E-state index in [0.29, 0.717) is 41.1 Å². The lowest BCUT2D eigenvalue weighted by molar-refractivity contribution is 0.0924. The van der Waals surface area contributed by atoms with E-state index in [1.54, 1.807) is 24.4 Å². The first-order valence-electron chi connectivity index (χ1n) is 15.9. The van der Waals surface area contributed by atoms with Crippen molar-refractivity contribution in [2.24, 2.45) is 5.73 Å². The number of fused-ring (bicyclic) bond motifs is 1. The first kappa shape index (κ1) is 30.9. The Morgan fingerprint density at radius 1 is 0.938 bits per heavy atom. The van der Waals surface area contributed by atoms with Crippen LogP contribution in [0.5, 0.6) is 5.75 Å². The Morgan fingerprint density at radius 3 is 2.42 bits per heavy atom. The standard InChI is InChI=1S/C40H34FN3O4/c1-25-21-34(47-20-16-26-7-3-2-4-8-26)32(39(46)44-40(17-18-40)36-9-5-6-19-43-36)24-30(25)28-12-15-33-31(23-28)37(38(42)45)35(48-33)22-27-10-13-29(41)14-11-27/h2-15,19,21,23-24H,16-18,20,22H2,1H3,(H2,42,45)(H,44,46). The van der Waals surface area contributed by atoms with Gasteiger partial charge in [0.25, 0.3) is 11.8 Å². The van der Waals surface area contributed by atoms with E-state index < -0.39 is 11.4 Å². The smallest absolute Gasteiger partial charge is 0.255 e. The Kier molecular flexibility index (Phi) is 8.23. The molecule has 0 saturated heterocycles. The first-order chi connectivity index (χ1) is 23.3. The van der Waals surface area contributed by atoms with E-state index in [2.05, 4.69) is 10.3 Å². The van der Waals surface area contributed by atoms with Gasteiger partial charge >= 0.3 is 0 Å². The summed E-state index contributed by atoms with van der Waals surface area (Å²) in [6.45, 7) is 2.36. The number of hydrogen-bond acceptors (Lipinski definition) is 5. The molecule has 3 N–H and O–H groups in total. The molecule has 4 aromatic carbocycles. The molecule has 0 radical (unpaired) electrons. The molecule has 1 fully saturated rings. The summed E-state index contributed by atoms with van der Waals surface area (Å²) in [4.78, 5) is 31.3. The number of nitrogens with one attached hydrogen (secondary N) is 1. The molecule has 0 bridgehead atoms. The van der Waals surface area contributed by atoms with Gasteiger partial charge in [-0.25, -0.2) is 4.39 Å². The highest BCUT2D eigenvalue weighted by Crippen LogP contribution is 2.45. The number of nitrogens with zero attached hydrogens (tertiary/aromatic N) is 1. The normalized spacial score (nSPS) is 13.3. The van der Waals surface area contributed by atoms with Crippen molar-refractivity contribution in [1.82, 2.24) is 10.3 Å². The lowest BCUT2D eigenvalue weighted by Crippen LogP contribution is -2.35. The van der Waals surface area contributed by atoms with E-state index in [-0.39, 0.29) is 23.7 Å². The van der Waals surface area contributed by atoms with Gasteiger partial charge < -0.3 is 20.2 Å². The van der Waals surface area contributed by atoms with Crippen molar-refractivity contribution in [2.45, 2.75) is 38.1 Å². The quantitative estimate of drug-likeness (QED) is 0.151. The highest BCUT2D eigenvalue weighted by atomic mass is 19.1. The Balaban J connectivity index is 1.25. The van der Waals surface area contributed by atoms with Crippen molar-refractivity contribution in [3.63, 3.8) is 0 Å². The SMILES string of the molecule is Cc1cc(OCCc2ccccc2)c(C(=O)NC2(c3ccccn3)CC2)cc1-c1ccc2oc(Cc3ccc(F)cc3)c(C(N)=O)c2c1. The van der Waals surface area contributed by atoms with E-state index in [1.165, 1.54) is 12.1 Å². The number of primary amides is 1. The van der Waals surface area contributed by atoms with Gasteiger partial charge in [0, 0.05) is 24.4 Å². The average molecular weight is 640 g/mol. The van der Waals surface area contributed by atoms with E-state index >= 15 is 0 Å². The fourth-order valence-corrected chi connectivity index (χ4v) is 6.21. The fourth-order valence-electron chi connectivity index (χ4n) is 6.21. The molecule has 7 rings (SSSR count). The molecule has 1 aliphatic rings. The van der Waals surface area contributed by atoms with E-state index in [0.717, 1.165) is 46.4 Å². The van der Waals surface area contributed by atoms with Gasteiger partial charge in [-0.2, -0.15) is 0 Å². The second kappa shape index (κ2) is 12.8. The van der Waals surface area contributed by atoms with Crippen molar-refractivity contribution in [3.05, 3.63) is 154 Å². The molecule has 1 saturated carbocycles. The monoisotopic (exact) mass is 639 g/mol. The van der Waals surface area contributed by atoms with Crippen LogP contribution in [0.1, 0.15) is 61.7 Å². The van der Waals surface area contributed by atoms with Gasteiger partial charge in [-0.3, -0.25) is 14.6 Å². The summed E-state index contributed by atoms with van der Waals surface area (Å²) in [5.74, 6) is -0.318. The molecule has 2 amide bonds. The van der Waals surface area contributed by atoms with Gasteiger partial charge in [-0.05, 0) is 96.1 Å². The molecule has 2 heterocycles. The summed E-state index contributed by atoms with van der Waals surface area (Å²) in [6.07, 6.45) is 4.30. The molecule has 0 atom stereocenters. The number of rotatable bonds is 11. The van der Waals surface area contributed by atoms with Gasteiger partial charge in [0.1, 0.15) is 22.9 Å². The van der Waals surface area contributed by atoms with Gasteiger partial charge in [-0.1, -0.05) is 54.6 Å². The molecule has 1 aliphatic carbocycles. The van der Waals surface area contributed by atoms with Crippen molar-refractivity contribution in [2.75, 3.05) is 6.61 Å². The molecule has 48 heavy (non-hydrogen) atoms. The lowest BCUT2D eigenvalue weighted by atomic mass is 9.95. The summed E-state index contributed by atoms with van der Waals surface area (Å²) in [6, 6.07) is 31.1. The largest absolute Gasteiger partial charge is 0.492 e. The number of furan rings is 1.